The molecule has 0 aliphatic carbocycles. The van der Waals surface area contributed by atoms with Crippen molar-refractivity contribution in [1.82, 2.24) is 10.4 Å². The number of aromatic nitrogens is 1. The van der Waals surface area contributed by atoms with E-state index in [0.29, 0.717) is 20.9 Å². The smallest absolute Gasteiger partial charge is 0.270 e. The summed E-state index contributed by atoms with van der Waals surface area (Å²) in [7, 11) is 0. The number of hydrogen-bond donors (Lipinski definition) is 2. The lowest BCUT2D eigenvalue weighted by Gasteiger charge is -2.04. The molecule has 2 aromatic carbocycles. The van der Waals surface area contributed by atoms with Crippen molar-refractivity contribution in [1.29, 1.82) is 0 Å². The summed E-state index contributed by atoms with van der Waals surface area (Å²) in [4.78, 5) is 26.4. The number of carbonyl (C=O) groups excluding carboxylic acids is 1. The Morgan fingerprint density at radius 3 is 2.68 bits per heavy atom. The van der Waals surface area contributed by atoms with E-state index in [1.54, 1.807) is 30.3 Å². The number of nitro groups is 1. The molecule has 8 heteroatoms. The standard InChI is InChI=1S/C14H10N4O3S/c19-13(9-4-2-1-3-5-9)16-17-14-15-11-7-6-10(18(20)21)8-12(11)22-14/h1-8H,(H,15,17)(H,16,19). The minimum absolute atomic E-state index is 0.0102. The van der Waals surface area contributed by atoms with Crippen molar-refractivity contribution in [3.8, 4) is 0 Å². The molecular weight excluding hydrogens is 304 g/mol. The lowest BCUT2D eigenvalue weighted by Crippen LogP contribution is -2.29. The number of thiazole rings is 1. The van der Waals surface area contributed by atoms with Crippen molar-refractivity contribution < 1.29 is 9.72 Å². The van der Waals surface area contributed by atoms with E-state index in [1.807, 2.05) is 6.07 Å². The molecule has 1 aromatic heterocycles. The van der Waals surface area contributed by atoms with Gasteiger partial charge in [0, 0.05) is 17.7 Å². The Kier molecular flexibility index (Phi) is 3.67. The predicted octanol–water partition coefficient (Wildman–Crippen LogP) is 2.96. The van der Waals surface area contributed by atoms with Crippen LogP contribution in [0.25, 0.3) is 10.2 Å². The van der Waals surface area contributed by atoms with Crippen molar-refractivity contribution in [3.05, 3.63) is 64.2 Å². The maximum atomic E-state index is 11.9. The molecule has 2 N–H and O–H groups in total. The third-order valence-corrected chi connectivity index (χ3v) is 3.84. The number of non-ortho nitro benzene ring substituents is 1. The van der Waals surface area contributed by atoms with Crippen LogP contribution in [0.5, 0.6) is 0 Å². The molecule has 7 nitrogen and oxygen atoms in total. The number of hydrazine groups is 1. The van der Waals surface area contributed by atoms with Crippen LogP contribution in [0.1, 0.15) is 10.4 Å². The molecule has 22 heavy (non-hydrogen) atoms. The highest BCUT2D eigenvalue weighted by Crippen LogP contribution is 2.28. The number of rotatable bonds is 4. The van der Waals surface area contributed by atoms with Gasteiger partial charge in [-0.1, -0.05) is 29.5 Å². The molecule has 0 atom stereocenters. The van der Waals surface area contributed by atoms with E-state index < -0.39 is 4.92 Å². The zero-order valence-corrected chi connectivity index (χ0v) is 12.0. The van der Waals surface area contributed by atoms with E-state index in [0.717, 1.165) is 0 Å². The minimum Gasteiger partial charge on any atom is -0.273 e. The van der Waals surface area contributed by atoms with Gasteiger partial charge < -0.3 is 0 Å². The van der Waals surface area contributed by atoms with Crippen LogP contribution in [0, 0.1) is 10.1 Å². The number of amides is 1. The zero-order chi connectivity index (χ0) is 15.5. The summed E-state index contributed by atoms with van der Waals surface area (Å²) >= 11 is 1.22. The minimum atomic E-state index is -0.455. The summed E-state index contributed by atoms with van der Waals surface area (Å²) in [5, 5.41) is 11.2. The van der Waals surface area contributed by atoms with E-state index in [2.05, 4.69) is 15.8 Å². The predicted molar refractivity (Wildman–Crippen MR) is 83.8 cm³/mol. The van der Waals surface area contributed by atoms with E-state index in [9.17, 15) is 14.9 Å². The molecule has 1 amide bonds. The normalized spacial score (nSPS) is 10.4. The van der Waals surface area contributed by atoms with Crippen LogP contribution in [0.3, 0.4) is 0 Å². The highest BCUT2D eigenvalue weighted by atomic mass is 32.1. The SMILES string of the molecule is O=C(NNc1nc2ccc([N+](=O)[O-])cc2s1)c1ccccc1. The van der Waals surface area contributed by atoms with Gasteiger partial charge in [-0.3, -0.25) is 25.8 Å². The average molecular weight is 314 g/mol. The molecule has 0 saturated carbocycles. The van der Waals surface area contributed by atoms with Crippen molar-refractivity contribution in [2.45, 2.75) is 0 Å². The van der Waals surface area contributed by atoms with Crippen molar-refractivity contribution in [3.63, 3.8) is 0 Å². The lowest BCUT2D eigenvalue weighted by molar-refractivity contribution is -0.384. The summed E-state index contributed by atoms with van der Waals surface area (Å²) in [6, 6.07) is 13.2. The lowest BCUT2D eigenvalue weighted by atomic mass is 10.2. The molecule has 0 unspecified atom stereocenters. The first-order valence-corrected chi connectivity index (χ1v) is 7.11. The molecule has 0 bridgehead atoms. The van der Waals surface area contributed by atoms with Gasteiger partial charge in [0.15, 0.2) is 0 Å². The summed E-state index contributed by atoms with van der Waals surface area (Å²) in [5.74, 6) is -0.286. The third kappa shape index (κ3) is 2.86. The Bertz CT molecular complexity index is 848. The van der Waals surface area contributed by atoms with Gasteiger partial charge in [0.1, 0.15) is 0 Å². The Hall–Kier alpha value is -3.00. The third-order valence-electron chi connectivity index (χ3n) is 2.90. The fourth-order valence-corrected chi connectivity index (χ4v) is 2.70. The molecule has 0 aliphatic rings. The first kappa shape index (κ1) is 14.0. The second kappa shape index (κ2) is 5.78. The van der Waals surface area contributed by atoms with Crippen LogP contribution in [-0.2, 0) is 0 Å². The van der Waals surface area contributed by atoms with Gasteiger partial charge >= 0.3 is 0 Å². The quantitative estimate of drug-likeness (QED) is 0.570. The Balaban J connectivity index is 1.74. The summed E-state index contributed by atoms with van der Waals surface area (Å²) in [6.45, 7) is 0. The second-order valence-electron chi connectivity index (χ2n) is 4.37. The maximum absolute atomic E-state index is 11.9. The number of nitrogens with zero attached hydrogens (tertiary/aromatic N) is 2. The molecule has 0 radical (unpaired) electrons. The highest BCUT2D eigenvalue weighted by molar-refractivity contribution is 7.22. The van der Waals surface area contributed by atoms with Crippen LogP contribution in [0.4, 0.5) is 10.8 Å². The average Bonchev–Trinajstić information content (AvgIpc) is 2.95. The molecule has 0 aliphatic heterocycles. The molecule has 1 heterocycles. The number of anilines is 1. The molecule has 0 spiro atoms. The van der Waals surface area contributed by atoms with E-state index >= 15 is 0 Å². The zero-order valence-electron chi connectivity index (χ0n) is 11.1. The van der Waals surface area contributed by atoms with Gasteiger partial charge in [-0.25, -0.2) is 4.98 Å². The Labute approximate surface area is 128 Å². The fraction of sp³-hybridized carbons (Fsp3) is 0. The van der Waals surface area contributed by atoms with Crippen LogP contribution in [0.15, 0.2) is 48.5 Å². The van der Waals surface area contributed by atoms with Crippen LogP contribution < -0.4 is 10.9 Å². The number of carbonyl (C=O) groups is 1. The maximum Gasteiger partial charge on any atom is 0.270 e. The molecule has 0 saturated heterocycles. The summed E-state index contributed by atoms with van der Waals surface area (Å²) in [5.41, 5.74) is 6.42. The van der Waals surface area contributed by atoms with Gasteiger partial charge in [0.2, 0.25) is 5.13 Å². The molecular formula is C14H10N4O3S. The van der Waals surface area contributed by atoms with Gasteiger partial charge in [0.05, 0.1) is 15.1 Å². The summed E-state index contributed by atoms with van der Waals surface area (Å²) in [6.07, 6.45) is 0. The van der Waals surface area contributed by atoms with Gasteiger partial charge in [-0.15, -0.1) is 0 Å². The van der Waals surface area contributed by atoms with Crippen LogP contribution in [0.2, 0.25) is 0 Å². The van der Waals surface area contributed by atoms with E-state index in [4.69, 9.17) is 0 Å². The monoisotopic (exact) mass is 314 g/mol. The van der Waals surface area contributed by atoms with E-state index in [1.165, 1.54) is 23.5 Å². The van der Waals surface area contributed by atoms with E-state index in [-0.39, 0.29) is 11.6 Å². The first-order chi connectivity index (χ1) is 10.6. The first-order valence-electron chi connectivity index (χ1n) is 6.30. The number of benzene rings is 2. The van der Waals surface area contributed by atoms with Crippen molar-refractivity contribution >= 4 is 38.3 Å². The van der Waals surface area contributed by atoms with Gasteiger partial charge in [-0.2, -0.15) is 0 Å². The number of hydrogen-bond acceptors (Lipinski definition) is 6. The number of nitro benzene ring substituents is 1. The van der Waals surface area contributed by atoms with Gasteiger partial charge in [0.25, 0.3) is 11.6 Å². The fourth-order valence-electron chi connectivity index (χ4n) is 1.85. The second-order valence-corrected chi connectivity index (χ2v) is 5.40. The topological polar surface area (TPSA) is 97.2 Å². The Morgan fingerprint density at radius 2 is 1.95 bits per heavy atom. The van der Waals surface area contributed by atoms with Crippen LogP contribution in [-0.4, -0.2) is 15.8 Å². The largest absolute Gasteiger partial charge is 0.273 e. The molecule has 3 aromatic rings. The summed E-state index contributed by atoms with van der Waals surface area (Å²) < 4.78 is 0.672. The number of nitrogens with one attached hydrogen (secondary N) is 2. The highest BCUT2D eigenvalue weighted by Gasteiger charge is 2.11. The van der Waals surface area contributed by atoms with Crippen molar-refractivity contribution in [2.75, 3.05) is 5.43 Å². The molecule has 110 valence electrons. The van der Waals surface area contributed by atoms with Crippen LogP contribution >= 0.6 is 11.3 Å². The molecule has 0 fully saturated rings. The molecule has 3 rings (SSSR count). The number of fused-ring (bicyclic) bond motifs is 1. The Morgan fingerprint density at radius 1 is 1.18 bits per heavy atom. The van der Waals surface area contributed by atoms with Crippen molar-refractivity contribution in [2.24, 2.45) is 0 Å². The van der Waals surface area contributed by atoms with Gasteiger partial charge in [-0.05, 0) is 18.2 Å².